The minimum Gasteiger partial charge on any atom is -0.508 e. The molecule has 8 N–H and O–H groups in total. The fraction of sp³-hybridized carbons (Fsp3) is 0.714. The summed E-state index contributed by atoms with van der Waals surface area (Å²) in [4.78, 5) is 0. The third-order valence-electron chi connectivity index (χ3n) is 30.6. The largest absolute Gasteiger partial charge is 0.508 e. The summed E-state index contributed by atoms with van der Waals surface area (Å²) in [6.45, 7) is 19.2. The first-order valence-electron chi connectivity index (χ1n) is 38.2. The summed E-state index contributed by atoms with van der Waals surface area (Å²) in [5.74, 6) is -0.500. The monoisotopic (exact) mass is 1320 g/mol. The molecular weight excluding hydrogens is 1200 g/mol. The highest BCUT2D eigenvalue weighted by molar-refractivity contribution is 5.62. The highest BCUT2D eigenvalue weighted by Gasteiger charge is 2.58. The Bertz CT molecular complexity index is 2910. The summed E-state index contributed by atoms with van der Waals surface area (Å²) in [6.07, 6.45) is 24.0. The number of phenolic OH excluding ortho intramolecular Hbond substituents is 8. The van der Waals surface area contributed by atoms with E-state index in [9.17, 15) is 40.9 Å². The number of hydrogen-bond acceptors (Lipinski definition) is 12. The van der Waals surface area contributed by atoms with Gasteiger partial charge in [-0.2, -0.15) is 0 Å². The molecular formula is C84H120O12. The number of ether oxygens (including phenoxy) is 4. The number of methoxy groups -OCH3 is 4. The van der Waals surface area contributed by atoms with Gasteiger partial charge in [0, 0.05) is 121 Å². The maximum absolute atomic E-state index is 12.9. The van der Waals surface area contributed by atoms with E-state index in [1.54, 1.807) is 0 Å². The molecule has 12 heteroatoms. The number of aromatic hydroxyl groups is 8. The van der Waals surface area contributed by atoms with Gasteiger partial charge in [0.2, 0.25) is 0 Å². The molecule has 8 fully saturated rings. The van der Waals surface area contributed by atoms with Crippen LogP contribution in [-0.4, -0.2) is 93.7 Å². The molecule has 0 amide bonds. The number of fused-ring (bicyclic) bond motifs is 12. The number of phenols is 8. The zero-order chi connectivity index (χ0) is 68.2. The molecule has 20 atom stereocenters. The van der Waals surface area contributed by atoms with Crippen molar-refractivity contribution < 1.29 is 59.8 Å². The lowest BCUT2D eigenvalue weighted by Gasteiger charge is -2.47. The quantitative estimate of drug-likeness (QED) is 0.0529. The Kier molecular flexibility index (Phi) is 19.5. The molecule has 0 heterocycles. The van der Waals surface area contributed by atoms with Crippen molar-refractivity contribution in [3.05, 3.63) is 93.0 Å². The first-order valence-corrected chi connectivity index (χ1v) is 38.2. The lowest BCUT2D eigenvalue weighted by Crippen LogP contribution is -2.42. The van der Waals surface area contributed by atoms with Gasteiger partial charge in [0.25, 0.3) is 0 Å². The van der Waals surface area contributed by atoms with E-state index in [2.05, 4.69) is 55.4 Å². The van der Waals surface area contributed by atoms with Gasteiger partial charge in [-0.3, -0.25) is 0 Å². The van der Waals surface area contributed by atoms with E-state index in [0.717, 1.165) is 128 Å². The van der Waals surface area contributed by atoms with Crippen molar-refractivity contribution in [1.82, 2.24) is 0 Å². The van der Waals surface area contributed by atoms with Gasteiger partial charge in [-0.05, 0) is 245 Å². The second-order valence-corrected chi connectivity index (χ2v) is 34.8. The molecule has 0 aromatic heterocycles. The topological polar surface area (TPSA) is 199 Å². The minimum atomic E-state index is -0.670. The van der Waals surface area contributed by atoms with Gasteiger partial charge in [0.05, 0.1) is 24.4 Å². The lowest BCUT2D eigenvalue weighted by molar-refractivity contribution is -0.0504. The molecule has 0 aliphatic heterocycles. The van der Waals surface area contributed by atoms with Crippen molar-refractivity contribution >= 4 is 0 Å². The van der Waals surface area contributed by atoms with Crippen LogP contribution in [0, 0.1) is 92.7 Å². The van der Waals surface area contributed by atoms with Crippen molar-refractivity contribution in [3.63, 3.8) is 0 Å². The molecule has 9 aliphatic rings. The van der Waals surface area contributed by atoms with Crippen LogP contribution in [0.4, 0.5) is 0 Å². The highest BCUT2D eigenvalue weighted by Crippen LogP contribution is 2.66. The summed E-state index contributed by atoms with van der Waals surface area (Å²) in [5.41, 5.74) is 4.28. The Morgan fingerprint density at radius 3 is 0.635 bits per heavy atom. The van der Waals surface area contributed by atoms with Gasteiger partial charge in [-0.1, -0.05) is 81.1 Å². The maximum atomic E-state index is 12.9. The lowest BCUT2D eigenvalue weighted by atomic mass is 9.60. The Labute approximate surface area is 574 Å². The van der Waals surface area contributed by atoms with Crippen molar-refractivity contribution in [2.75, 3.05) is 28.4 Å². The maximum Gasteiger partial charge on any atom is 0.123 e. The van der Waals surface area contributed by atoms with Crippen LogP contribution in [0.1, 0.15) is 278 Å². The normalized spacial score (nSPS) is 38.5. The standard InChI is InChI=1S/C84H120O12/c1-45(61-21-25-65-77(93-9)17-13-29-81(61,65)5)33-49-53-37-55(71(87)41-69(53)85)50(34-46(2)62-22-26-66-78(94-10)18-14-30-82(62,66)6)57-39-59(75(91)43-73(57)89)52(36-48(4)64-24-28-68-80(96-12)20-16-32-84(64,68)8)60-40-58(74(90)44-76(60)92)51(56-38-54(49)70(86)42-72(56)88)35-47(3)63-23-27-67-79(95-11)19-15-31-83(63,67)7/h37-52,61-68,77-80,85-92H,13-36H2,1-12H3/t45-,46-,47-,48-,49?,50?,51?,52?,61-,62-,63-,64-,65+,66+,67+,68+,77+,78+,79+,80+,81-,82-,83-,84-/m1/s1. The van der Waals surface area contributed by atoms with Gasteiger partial charge in [0.1, 0.15) is 46.0 Å². The molecule has 0 radical (unpaired) electrons. The fourth-order valence-electron chi connectivity index (χ4n) is 26.0. The van der Waals surface area contributed by atoms with Crippen LogP contribution in [0.15, 0.2) is 48.5 Å². The Morgan fingerprint density at radius 2 is 0.469 bits per heavy atom. The van der Waals surface area contributed by atoms with Gasteiger partial charge < -0.3 is 59.8 Å². The molecule has 0 saturated heterocycles. The molecule has 0 spiro atoms. The van der Waals surface area contributed by atoms with E-state index in [0.29, 0.717) is 118 Å². The molecule has 9 aliphatic carbocycles. The molecule has 4 aromatic rings. The molecule has 12 nitrogen and oxygen atoms in total. The van der Waals surface area contributed by atoms with Crippen LogP contribution < -0.4 is 0 Å². The Hall–Kier alpha value is -4.88. The molecule has 96 heavy (non-hydrogen) atoms. The number of hydrogen-bond donors (Lipinski definition) is 8. The molecule has 4 aromatic carbocycles. The fourth-order valence-corrected chi connectivity index (χ4v) is 26.0. The van der Waals surface area contributed by atoms with Crippen LogP contribution in [0.3, 0.4) is 0 Å². The number of benzene rings is 4. The molecule has 13 rings (SSSR count). The number of rotatable bonds is 16. The Morgan fingerprint density at radius 1 is 0.292 bits per heavy atom. The van der Waals surface area contributed by atoms with Crippen molar-refractivity contribution in [1.29, 1.82) is 0 Å². The SMILES string of the molecule is CO[C@H]1CCC[C@]2(C)[C@@H]([C@H](C)CC3c4cc(c(O)cc4O)C(C[C@@H](C)[C@H]4CC[C@H]5[C@@H](OC)CCC[C@]45C)c4cc(c(O)cc4O)C(C[C@@H](C)[C@H]4CC[C@H]5[C@@H](OC)CCC[C@]45C)c4cc(c(O)cc4O)C(C[C@@H](C)[C@H]4CC[C@H]5[C@@H](OC)CCC[C@]45C)c4cc3c(O)cc4O)CC[C@@H]12. The molecule has 528 valence electrons. The molecule has 0 unspecified atom stereocenters. The first-order chi connectivity index (χ1) is 45.8. The first kappa shape index (κ1) is 69.6. The van der Waals surface area contributed by atoms with Crippen molar-refractivity contribution in [3.8, 4) is 46.0 Å². The van der Waals surface area contributed by atoms with E-state index < -0.39 is 23.7 Å². The summed E-state index contributed by atoms with van der Waals surface area (Å²) in [6, 6.07) is 13.8. The van der Waals surface area contributed by atoms with Gasteiger partial charge >= 0.3 is 0 Å². The summed E-state index contributed by atoms with van der Waals surface area (Å²) < 4.78 is 25.0. The van der Waals surface area contributed by atoms with Gasteiger partial charge in [0.15, 0.2) is 0 Å². The average Bonchev–Trinajstić information content (AvgIpc) is 1.10. The van der Waals surface area contributed by atoms with Crippen LogP contribution in [-0.2, 0) is 18.9 Å². The zero-order valence-corrected chi connectivity index (χ0v) is 60.3. The average molecular weight is 1320 g/mol. The van der Waals surface area contributed by atoms with E-state index in [4.69, 9.17) is 18.9 Å². The van der Waals surface area contributed by atoms with E-state index in [1.807, 2.05) is 52.7 Å². The minimum absolute atomic E-state index is 0.00325. The van der Waals surface area contributed by atoms with E-state index >= 15 is 0 Å². The van der Waals surface area contributed by atoms with E-state index in [1.165, 1.54) is 24.3 Å². The summed E-state index contributed by atoms with van der Waals surface area (Å²) >= 11 is 0. The highest BCUT2D eigenvalue weighted by atomic mass is 16.5. The zero-order valence-electron chi connectivity index (χ0n) is 60.3. The third-order valence-corrected chi connectivity index (χ3v) is 30.6. The van der Waals surface area contributed by atoms with E-state index in [-0.39, 0.29) is 116 Å². The van der Waals surface area contributed by atoms with Crippen LogP contribution in [0.2, 0.25) is 0 Å². The third kappa shape index (κ3) is 11.7. The summed E-state index contributed by atoms with van der Waals surface area (Å²) in [5, 5.41) is 103. The van der Waals surface area contributed by atoms with Crippen LogP contribution in [0.5, 0.6) is 46.0 Å². The second kappa shape index (κ2) is 26.9. The predicted molar refractivity (Wildman–Crippen MR) is 377 cm³/mol. The Balaban J connectivity index is 1.03. The molecule has 8 saturated carbocycles. The smallest absolute Gasteiger partial charge is 0.123 e. The van der Waals surface area contributed by atoms with Gasteiger partial charge in [-0.25, -0.2) is 0 Å². The molecule has 8 bridgehead atoms. The second-order valence-electron chi connectivity index (χ2n) is 34.8. The van der Waals surface area contributed by atoms with Crippen molar-refractivity contribution in [2.24, 2.45) is 92.7 Å². The van der Waals surface area contributed by atoms with Crippen LogP contribution >= 0.6 is 0 Å². The van der Waals surface area contributed by atoms with Crippen LogP contribution in [0.25, 0.3) is 0 Å². The predicted octanol–water partition coefficient (Wildman–Crippen LogP) is 19.2. The van der Waals surface area contributed by atoms with Crippen molar-refractivity contribution in [2.45, 2.75) is 258 Å². The van der Waals surface area contributed by atoms with Gasteiger partial charge in [-0.15, -0.1) is 0 Å². The summed E-state index contributed by atoms with van der Waals surface area (Å²) in [7, 11) is 7.43.